The third-order valence-corrected chi connectivity index (χ3v) is 4.59. The quantitative estimate of drug-likeness (QED) is 0.495. The van der Waals surface area contributed by atoms with Crippen LogP contribution < -0.4 is 11.0 Å². The number of hydrazone groups is 1. The second-order valence-electron chi connectivity index (χ2n) is 6.46. The maximum absolute atomic E-state index is 12.8. The van der Waals surface area contributed by atoms with E-state index in [2.05, 4.69) is 15.5 Å². The van der Waals surface area contributed by atoms with Gasteiger partial charge in [0.2, 0.25) is 5.95 Å². The largest absolute Gasteiger partial charge is 0.385 e. The van der Waals surface area contributed by atoms with Gasteiger partial charge in [-0.25, -0.2) is 10.4 Å². The molecule has 1 N–H and O–H groups in total. The highest BCUT2D eigenvalue weighted by molar-refractivity contribution is 5.85. The smallest absolute Gasteiger partial charge is 0.262 e. The fourth-order valence-electron chi connectivity index (χ4n) is 3.21. The van der Waals surface area contributed by atoms with Crippen LogP contribution >= 0.6 is 0 Å². The van der Waals surface area contributed by atoms with E-state index < -0.39 is 0 Å². The number of nitrogens with one attached hydrogen (secondary N) is 1. The van der Waals surface area contributed by atoms with Crippen molar-refractivity contribution in [1.82, 2.24) is 9.55 Å². The van der Waals surface area contributed by atoms with Crippen molar-refractivity contribution in [3.05, 3.63) is 34.6 Å². The molecule has 0 unspecified atom stereocenters. The zero-order valence-corrected chi connectivity index (χ0v) is 14.8. The Morgan fingerprint density at radius 3 is 2.72 bits per heavy atom. The summed E-state index contributed by atoms with van der Waals surface area (Å²) in [6, 6.07) is 7.44. The number of methoxy groups -OCH3 is 1. The lowest BCUT2D eigenvalue weighted by Gasteiger charge is -2.13. The van der Waals surface area contributed by atoms with E-state index in [1.807, 2.05) is 24.3 Å². The topological polar surface area (TPSA) is 68.5 Å². The number of ether oxygens (including phenoxy) is 1. The molecule has 0 spiro atoms. The van der Waals surface area contributed by atoms with Gasteiger partial charge in [0.15, 0.2) is 0 Å². The van der Waals surface area contributed by atoms with Gasteiger partial charge in [-0.05, 0) is 44.2 Å². The van der Waals surface area contributed by atoms with Crippen LogP contribution in [0.25, 0.3) is 10.9 Å². The van der Waals surface area contributed by atoms with Gasteiger partial charge in [0.05, 0.1) is 10.9 Å². The Bertz CT molecular complexity index is 788. The molecular formula is C19H26N4O2. The Morgan fingerprint density at radius 2 is 1.96 bits per heavy atom. The average molecular weight is 342 g/mol. The van der Waals surface area contributed by atoms with E-state index in [4.69, 9.17) is 4.74 Å². The van der Waals surface area contributed by atoms with E-state index in [1.165, 1.54) is 31.4 Å². The summed E-state index contributed by atoms with van der Waals surface area (Å²) in [7, 11) is 1.67. The maximum atomic E-state index is 12.8. The zero-order valence-electron chi connectivity index (χ0n) is 14.8. The standard InChI is InChI=1S/C19H26N4O2/c1-25-14-8-13-23-18(24)16-11-6-7-12-17(16)20-19(23)22-21-15-9-4-2-3-5-10-15/h6-7,11-12H,2-5,8-10,13-14H2,1H3,(H,20,22). The lowest BCUT2D eigenvalue weighted by atomic mass is 10.2. The molecule has 1 saturated carbocycles. The first-order chi connectivity index (χ1) is 12.3. The van der Waals surface area contributed by atoms with E-state index >= 15 is 0 Å². The Morgan fingerprint density at radius 1 is 1.20 bits per heavy atom. The summed E-state index contributed by atoms with van der Waals surface area (Å²) in [4.78, 5) is 17.5. The van der Waals surface area contributed by atoms with Crippen molar-refractivity contribution in [2.45, 2.75) is 51.5 Å². The van der Waals surface area contributed by atoms with Gasteiger partial charge < -0.3 is 4.74 Å². The summed E-state index contributed by atoms with van der Waals surface area (Å²) < 4.78 is 6.78. The fraction of sp³-hybridized carbons (Fsp3) is 0.526. The van der Waals surface area contributed by atoms with Crippen LogP contribution in [0.1, 0.15) is 44.9 Å². The number of para-hydroxylation sites is 1. The number of hydrogen-bond acceptors (Lipinski definition) is 5. The van der Waals surface area contributed by atoms with Crippen molar-refractivity contribution in [1.29, 1.82) is 0 Å². The number of hydrogen-bond donors (Lipinski definition) is 1. The van der Waals surface area contributed by atoms with Crippen molar-refractivity contribution in [3.8, 4) is 0 Å². The first-order valence-corrected chi connectivity index (χ1v) is 9.09. The van der Waals surface area contributed by atoms with Crippen LogP contribution in [0, 0.1) is 0 Å². The van der Waals surface area contributed by atoms with Crippen molar-refractivity contribution < 1.29 is 4.74 Å². The molecule has 1 aromatic heterocycles. The Balaban J connectivity index is 1.92. The first kappa shape index (κ1) is 17.6. The number of nitrogens with zero attached hydrogens (tertiary/aromatic N) is 3. The van der Waals surface area contributed by atoms with Crippen LogP contribution in [0.5, 0.6) is 0 Å². The second kappa shape index (κ2) is 8.76. The predicted octanol–water partition coefficient (Wildman–Crippen LogP) is 3.56. The summed E-state index contributed by atoms with van der Waals surface area (Å²) in [5, 5.41) is 5.20. The molecule has 134 valence electrons. The first-order valence-electron chi connectivity index (χ1n) is 9.09. The van der Waals surface area contributed by atoms with Crippen LogP contribution in [0.3, 0.4) is 0 Å². The summed E-state index contributed by atoms with van der Waals surface area (Å²) in [5.41, 5.74) is 4.90. The molecule has 25 heavy (non-hydrogen) atoms. The molecule has 0 bridgehead atoms. The van der Waals surface area contributed by atoms with Crippen LogP contribution in [-0.4, -0.2) is 29.0 Å². The molecule has 1 aromatic carbocycles. The monoisotopic (exact) mass is 342 g/mol. The second-order valence-corrected chi connectivity index (χ2v) is 6.46. The minimum absolute atomic E-state index is 0.0368. The molecule has 1 heterocycles. The van der Waals surface area contributed by atoms with Crippen molar-refractivity contribution >= 4 is 22.6 Å². The molecule has 1 aliphatic rings. The summed E-state index contributed by atoms with van der Waals surface area (Å²) in [5.74, 6) is 0.511. The lowest BCUT2D eigenvalue weighted by Crippen LogP contribution is -2.25. The lowest BCUT2D eigenvalue weighted by molar-refractivity contribution is 0.190. The molecule has 0 atom stereocenters. The molecule has 6 nitrogen and oxygen atoms in total. The maximum Gasteiger partial charge on any atom is 0.262 e. The van der Waals surface area contributed by atoms with E-state index in [0.29, 0.717) is 30.0 Å². The normalized spacial score (nSPS) is 15.2. The highest BCUT2D eigenvalue weighted by Crippen LogP contribution is 2.16. The predicted molar refractivity (Wildman–Crippen MR) is 101 cm³/mol. The van der Waals surface area contributed by atoms with Gasteiger partial charge >= 0.3 is 0 Å². The van der Waals surface area contributed by atoms with Gasteiger partial charge in [0.25, 0.3) is 5.56 Å². The van der Waals surface area contributed by atoms with Crippen molar-refractivity contribution in [2.24, 2.45) is 5.10 Å². The van der Waals surface area contributed by atoms with E-state index in [-0.39, 0.29) is 5.56 Å². The van der Waals surface area contributed by atoms with Gasteiger partial charge in [0, 0.05) is 26.0 Å². The number of anilines is 1. The molecule has 0 saturated heterocycles. The molecule has 3 rings (SSSR count). The molecule has 0 amide bonds. The van der Waals surface area contributed by atoms with Crippen LogP contribution in [0.15, 0.2) is 34.2 Å². The minimum Gasteiger partial charge on any atom is -0.385 e. The summed E-state index contributed by atoms with van der Waals surface area (Å²) in [6.45, 7) is 1.16. The Labute approximate surface area is 147 Å². The van der Waals surface area contributed by atoms with Crippen LogP contribution in [0.2, 0.25) is 0 Å². The number of benzene rings is 1. The molecule has 0 radical (unpaired) electrons. The summed E-state index contributed by atoms with van der Waals surface area (Å²) in [6.07, 6.45) is 7.72. The number of fused-ring (bicyclic) bond motifs is 1. The van der Waals surface area contributed by atoms with Gasteiger partial charge in [-0.15, -0.1) is 0 Å². The highest BCUT2D eigenvalue weighted by atomic mass is 16.5. The van der Waals surface area contributed by atoms with Crippen LogP contribution in [-0.2, 0) is 11.3 Å². The minimum atomic E-state index is -0.0368. The number of rotatable bonds is 6. The molecular weight excluding hydrogens is 316 g/mol. The fourth-order valence-corrected chi connectivity index (χ4v) is 3.21. The van der Waals surface area contributed by atoms with E-state index in [9.17, 15) is 4.79 Å². The van der Waals surface area contributed by atoms with E-state index in [0.717, 1.165) is 19.3 Å². The van der Waals surface area contributed by atoms with Crippen LogP contribution in [0.4, 0.5) is 5.95 Å². The third-order valence-electron chi connectivity index (χ3n) is 4.59. The number of aromatic nitrogens is 2. The molecule has 1 fully saturated rings. The van der Waals surface area contributed by atoms with Gasteiger partial charge in [-0.2, -0.15) is 5.10 Å². The zero-order chi connectivity index (χ0) is 17.5. The molecule has 1 aliphatic carbocycles. The Kier molecular flexibility index (Phi) is 6.17. The SMILES string of the molecule is COCCCn1c(NN=C2CCCCCC2)nc2ccccc2c1=O. The summed E-state index contributed by atoms with van der Waals surface area (Å²) >= 11 is 0. The van der Waals surface area contributed by atoms with Crippen molar-refractivity contribution in [3.63, 3.8) is 0 Å². The molecule has 0 aliphatic heterocycles. The highest BCUT2D eigenvalue weighted by Gasteiger charge is 2.11. The van der Waals surface area contributed by atoms with Crippen molar-refractivity contribution in [2.75, 3.05) is 19.1 Å². The third kappa shape index (κ3) is 4.45. The average Bonchev–Trinajstić information content (AvgIpc) is 2.91. The van der Waals surface area contributed by atoms with E-state index in [1.54, 1.807) is 11.7 Å². The molecule has 2 aromatic rings. The Hall–Kier alpha value is -2.21. The van der Waals surface area contributed by atoms with Gasteiger partial charge in [0.1, 0.15) is 0 Å². The van der Waals surface area contributed by atoms with Gasteiger partial charge in [-0.1, -0.05) is 25.0 Å². The molecule has 6 heteroatoms. The van der Waals surface area contributed by atoms with Gasteiger partial charge in [-0.3, -0.25) is 9.36 Å².